The lowest BCUT2D eigenvalue weighted by Crippen LogP contribution is -2.38. The molecule has 1 heterocycles. The summed E-state index contributed by atoms with van der Waals surface area (Å²) in [5.41, 5.74) is 2.42. The van der Waals surface area contributed by atoms with Gasteiger partial charge in [0.25, 0.3) is 0 Å². The number of carbonyl (C=O) groups is 1. The summed E-state index contributed by atoms with van der Waals surface area (Å²) in [6.07, 6.45) is 8.25. The molecule has 2 aromatic rings. The minimum atomic E-state index is -3.40. The summed E-state index contributed by atoms with van der Waals surface area (Å²) in [4.78, 5) is 14.4. The minimum absolute atomic E-state index is 0.286. The van der Waals surface area contributed by atoms with Gasteiger partial charge in [0.15, 0.2) is 9.84 Å². The molecule has 0 bridgehead atoms. The number of nitrogens with zero attached hydrogens (tertiary/aromatic N) is 2. The van der Waals surface area contributed by atoms with Crippen LogP contribution < -0.4 is 0 Å². The van der Waals surface area contributed by atoms with Crippen molar-refractivity contribution in [2.75, 3.05) is 18.6 Å². The second-order valence-corrected chi connectivity index (χ2v) is 9.57. The quantitative estimate of drug-likeness (QED) is 0.663. The molecule has 0 spiro atoms. The lowest BCUT2D eigenvalue weighted by atomic mass is 9.93. The number of rotatable bonds is 7. The first kappa shape index (κ1) is 20.3. The number of benzene rings is 1. The summed E-state index contributed by atoms with van der Waals surface area (Å²) < 4.78 is 28.8. The maximum absolute atomic E-state index is 12.8. The van der Waals surface area contributed by atoms with Crippen molar-refractivity contribution in [3.63, 3.8) is 0 Å². The third kappa shape index (κ3) is 5.32. The van der Waals surface area contributed by atoms with E-state index in [1.54, 1.807) is 4.90 Å². The first-order valence-corrected chi connectivity index (χ1v) is 11.5. The Kier molecular flexibility index (Phi) is 6.34. The third-order valence-electron chi connectivity index (χ3n) is 4.98. The zero-order valence-electron chi connectivity index (χ0n) is 16.3. The summed E-state index contributed by atoms with van der Waals surface area (Å²) in [5, 5.41) is 4.18. The molecule has 1 aliphatic carbocycles. The standard InChI is InChI=1S/C21H26N2O4S/c1-16-19(21(22-27-16)18-11-7-4-8-12-18)14-23(20(24)15-28(2,25)26)13-17-9-5-3-6-10-17/h3-5,7-8,11-12,17H,6,9-10,13-15H2,1-2H3/t17-/m1/s1. The molecule has 1 amide bonds. The number of allylic oxidation sites excluding steroid dienone is 2. The second kappa shape index (κ2) is 8.73. The van der Waals surface area contributed by atoms with E-state index in [-0.39, 0.29) is 12.5 Å². The van der Waals surface area contributed by atoms with E-state index in [9.17, 15) is 13.2 Å². The normalized spacial score (nSPS) is 16.9. The molecular weight excluding hydrogens is 376 g/mol. The highest BCUT2D eigenvalue weighted by atomic mass is 32.2. The van der Waals surface area contributed by atoms with Crippen LogP contribution >= 0.6 is 0 Å². The zero-order chi connectivity index (χ0) is 20.1. The van der Waals surface area contributed by atoms with Crippen LogP contribution in [0.15, 0.2) is 47.0 Å². The van der Waals surface area contributed by atoms with Crippen molar-refractivity contribution in [3.8, 4) is 11.3 Å². The molecule has 6 nitrogen and oxygen atoms in total. The fourth-order valence-electron chi connectivity index (χ4n) is 3.49. The van der Waals surface area contributed by atoms with Crippen LogP contribution in [0, 0.1) is 12.8 Å². The number of aromatic nitrogens is 1. The average Bonchev–Trinajstić information content (AvgIpc) is 3.02. The Bertz CT molecular complexity index is 948. The van der Waals surface area contributed by atoms with Gasteiger partial charge in [0.2, 0.25) is 5.91 Å². The topological polar surface area (TPSA) is 80.5 Å². The molecule has 1 aromatic carbocycles. The van der Waals surface area contributed by atoms with Crippen molar-refractivity contribution in [1.29, 1.82) is 0 Å². The van der Waals surface area contributed by atoms with Crippen LogP contribution in [0.1, 0.15) is 30.6 Å². The van der Waals surface area contributed by atoms with Gasteiger partial charge in [0.1, 0.15) is 17.2 Å². The van der Waals surface area contributed by atoms with Gasteiger partial charge in [-0.2, -0.15) is 0 Å². The van der Waals surface area contributed by atoms with Crippen molar-refractivity contribution in [1.82, 2.24) is 10.1 Å². The van der Waals surface area contributed by atoms with Crippen molar-refractivity contribution in [3.05, 3.63) is 53.8 Å². The van der Waals surface area contributed by atoms with Crippen molar-refractivity contribution >= 4 is 15.7 Å². The number of sulfone groups is 1. The smallest absolute Gasteiger partial charge is 0.238 e. The summed E-state index contributed by atoms with van der Waals surface area (Å²) in [7, 11) is -3.40. The molecule has 0 radical (unpaired) electrons. The highest BCUT2D eigenvalue weighted by molar-refractivity contribution is 7.91. The van der Waals surface area contributed by atoms with Gasteiger partial charge in [-0.05, 0) is 32.1 Å². The summed E-state index contributed by atoms with van der Waals surface area (Å²) in [5.74, 6) is 0.102. The highest BCUT2D eigenvalue weighted by Gasteiger charge is 2.26. The Hall–Kier alpha value is -2.41. The van der Waals surface area contributed by atoms with Gasteiger partial charge in [-0.15, -0.1) is 0 Å². The van der Waals surface area contributed by atoms with Crippen LogP contribution in [-0.4, -0.2) is 42.9 Å². The molecule has 3 rings (SSSR count). The van der Waals surface area contributed by atoms with Crippen LogP contribution in [0.5, 0.6) is 0 Å². The molecule has 28 heavy (non-hydrogen) atoms. The van der Waals surface area contributed by atoms with Crippen LogP contribution in [0.25, 0.3) is 11.3 Å². The van der Waals surface area contributed by atoms with E-state index in [0.29, 0.717) is 23.9 Å². The van der Waals surface area contributed by atoms with Gasteiger partial charge in [0, 0.05) is 23.9 Å². The predicted molar refractivity (Wildman–Crippen MR) is 108 cm³/mol. The maximum Gasteiger partial charge on any atom is 0.238 e. The van der Waals surface area contributed by atoms with Crippen molar-refractivity contribution in [2.24, 2.45) is 5.92 Å². The highest BCUT2D eigenvalue weighted by Crippen LogP contribution is 2.28. The van der Waals surface area contributed by atoms with E-state index in [2.05, 4.69) is 17.3 Å². The van der Waals surface area contributed by atoms with Crippen molar-refractivity contribution in [2.45, 2.75) is 32.7 Å². The molecule has 150 valence electrons. The summed E-state index contributed by atoms with van der Waals surface area (Å²) >= 11 is 0. The van der Waals surface area contributed by atoms with Crippen LogP contribution in [0.2, 0.25) is 0 Å². The van der Waals surface area contributed by atoms with Gasteiger partial charge in [-0.3, -0.25) is 4.79 Å². The van der Waals surface area contributed by atoms with Gasteiger partial charge < -0.3 is 9.42 Å². The molecule has 7 heteroatoms. The second-order valence-electron chi connectivity index (χ2n) is 7.43. The molecule has 0 aliphatic heterocycles. The fourth-order valence-corrected chi connectivity index (χ4v) is 4.13. The monoisotopic (exact) mass is 402 g/mol. The van der Waals surface area contributed by atoms with Crippen LogP contribution in [0.4, 0.5) is 0 Å². The Morgan fingerprint density at radius 1 is 1.25 bits per heavy atom. The molecule has 1 atom stereocenters. The maximum atomic E-state index is 12.8. The summed E-state index contributed by atoms with van der Waals surface area (Å²) in [6, 6.07) is 9.65. The average molecular weight is 403 g/mol. The fraction of sp³-hybridized carbons (Fsp3) is 0.429. The molecule has 0 unspecified atom stereocenters. The lowest BCUT2D eigenvalue weighted by molar-refractivity contribution is -0.129. The van der Waals surface area contributed by atoms with Crippen molar-refractivity contribution < 1.29 is 17.7 Å². The van der Waals surface area contributed by atoms with Crippen LogP contribution in [-0.2, 0) is 21.2 Å². The van der Waals surface area contributed by atoms with Gasteiger partial charge in [-0.1, -0.05) is 47.6 Å². The molecule has 1 aromatic heterocycles. The van der Waals surface area contributed by atoms with E-state index in [1.165, 1.54) is 0 Å². The minimum Gasteiger partial charge on any atom is -0.361 e. The van der Waals surface area contributed by atoms with E-state index in [4.69, 9.17) is 4.52 Å². The first-order valence-electron chi connectivity index (χ1n) is 9.44. The van der Waals surface area contributed by atoms with Gasteiger partial charge in [-0.25, -0.2) is 8.42 Å². The molecule has 0 N–H and O–H groups in total. The predicted octanol–water partition coefficient (Wildman–Crippen LogP) is 3.38. The Labute approximate surface area is 166 Å². The lowest BCUT2D eigenvalue weighted by Gasteiger charge is -2.28. The number of amides is 1. The molecular formula is C21H26N2O4S. The molecule has 0 saturated heterocycles. The SMILES string of the molecule is Cc1onc(-c2ccccc2)c1CN(C[C@@H]1CC=CCC1)C(=O)CS(C)(=O)=O. The van der Waals surface area contributed by atoms with Crippen LogP contribution in [0.3, 0.4) is 0 Å². The summed E-state index contributed by atoms with van der Waals surface area (Å²) in [6.45, 7) is 2.63. The Morgan fingerprint density at radius 2 is 2.00 bits per heavy atom. The molecule has 0 fully saturated rings. The van der Waals surface area contributed by atoms with E-state index in [0.717, 1.165) is 36.6 Å². The number of carbonyl (C=O) groups excluding carboxylic acids is 1. The van der Waals surface area contributed by atoms with E-state index >= 15 is 0 Å². The Balaban J connectivity index is 1.87. The third-order valence-corrected chi connectivity index (χ3v) is 5.75. The van der Waals surface area contributed by atoms with E-state index < -0.39 is 15.6 Å². The van der Waals surface area contributed by atoms with E-state index in [1.807, 2.05) is 37.3 Å². The number of hydrogen-bond acceptors (Lipinski definition) is 5. The van der Waals surface area contributed by atoms with Gasteiger partial charge >= 0.3 is 0 Å². The number of aryl methyl sites for hydroxylation is 1. The zero-order valence-corrected chi connectivity index (χ0v) is 17.1. The first-order chi connectivity index (χ1) is 13.3. The molecule has 1 aliphatic rings. The largest absolute Gasteiger partial charge is 0.361 e. The van der Waals surface area contributed by atoms with Gasteiger partial charge in [0.05, 0.1) is 6.54 Å². The Morgan fingerprint density at radius 3 is 2.64 bits per heavy atom. The molecule has 0 saturated carbocycles. The number of hydrogen-bond donors (Lipinski definition) is 0.